The van der Waals surface area contributed by atoms with Gasteiger partial charge in [-0.3, -0.25) is 4.79 Å². The maximum Gasteiger partial charge on any atom is 0.321 e. The normalized spacial score (nSPS) is 20.3. The first-order chi connectivity index (χ1) is 19.2. The summed E-state index contributed by atoms with van der Waals surface area (Å²) >= 11 is 0. The number of rotatable bonds is 7. The number of carbonyl (C=O) groups is 3. The van der Waals surface area contributed by atoms with Gasteiger partial charge in [0.15, 0.2) is 0 Å². The fourth-order valence-corrected chi connectivity index (χ4v) is 5.21. The zero-order chi connectivity index (χ0) is 28.6. The van der Waals surface area contributed by atoms with Crippen LogP contribution >= 0.6 is 0 Å². The fraction of sp³-hybridized carbons (Fsp3) is 0.500. The van der Waals surface area contributed by atoms with E-state index in [1.54, 1.807) is 42.0 Å². The number of amides is 5. The van der Waals surface area contributed by atoms with Gasteiger partial charge in [-0.05, 0) is 50.1 Å². The second-order valence-electron chi connectivity index (χ2n) is 10.9. The molecule has 2 aromatic rings. The van der Waals surface area contributed by atoms with Crippen LogP contribution in [0.15, 0.2) is 48.5 Å². The molecule has 0 bridgehead atoms. The van der Waals surface area contributed by atoms with Crippen molar-refractivity contribution in [3.05, 3.63) is 54.1 Å². The molecule has 2 aliphatic rings. The van der Waals surface area contributed by atoms with Gasteiger partial charge in [0.05, 0.1) is 24.8 Å². The molecule has 10 nitrogen and oxygen atoms in total. The second kappa shape index (κ2) is 13.5. The Balaban J connectivity index is 1.53. The lowest BCUT2D eigenvalue weighted by molar-refractivity contribution is 0.0371. The van der Waals surface area contributed by atoms with E-state index >= 15 is 0 Å². The van der Waals surface area contributed by atoms with Crippen molar-refractivity contribution in [1.29, 1.82) is 0 Å². The van der Waals surface area contributed by atoms with E-state index in [1.165, 1.54) is 6.42 Å². The maximum atomic E-state index is 13.7. The molecule has 4 N–H and O–H groups in total. The van der Waals surface area contributed by atoms with Crippen LogP contribution in [-0.4, -0.2) is 77.8 Å². The van der Waals surface area contributed by atoms with Gasteiger partial charge in [-0.15, -0.1) is 0 Å². The molecule has 5 amide bonds. The zero-order valence-electron chi connectivity index (χ0n) is 23.6. The van der Waals surface area contributed by atoms with Crippen LogP contribution in [0.4, 0.5) is 21.0 Å². The third-order valence-electron chi connectivity index (χ3n) is 7.69. The number of hydrogen-bond acceptors (Lipinski definition) is 5. The standard InChI is InChI=1S/C30H41N5O5/c1-20-17-35(21(2)19-36)28(37)25-16-24(32-29(38)31-22-10-6-4-7-11-22)14-15-26(25)40-27(20)18-34(3)30(39)33-23-12-8-5-9-13-23/h5,8-9,12-16,20-22,27,36H,4,6-7,10-11,17-19H2,1-3H3,(H,33,39)(H2,31,32,38)/t20-,21-,27-/m0/s1. The van der Waals surface area contributed by atoms with Crippen LogP contribution in [-0.2, 0) is 0 Å². The number of fused-ring (bicyclic) bond motifs is 1. The lowest BCUT2D eigenvalue weighted by Gasteiger charge is -2.38. The molecule has 1 heterocycles. The zero-order valence-corrected chi connectivity index (χ0v) is 23.6. The Morgan fingerprint density at radius 2 is 1.80 bits per heavy atom. The number of para-hydroxylation sites is 1. The van der Waals surface area contributed by atoms with Gasteiger partial charge >= 0.3 is 12.1 Å². The fourth-order valence-electron chi connectivity index (χ4n) is 5.21. The smallest absolute Gasteiger partial charge is 0.321 e. The van der Waals surface area contributed by atoms with Gasteiger partial charge in [-0.2, -0.15) is 0 Å². The maximum absolute atomic E-state index is 13.7. The van der Waals surface area contributed by atoms with Crippen LogP contribution < -0.4 is 20.7 Å². The highest BCUT2D eigenvalue weighted by Crippen LogP contribution is 2.31. The van der Waals surface area contributed by atoms with Crippen molar-refractivity contribution >= 4 is 29.3 Å². The summed E-state index contributed by atoms with van der Waals surface area (Å²) in [5, 5.41) is 18.7. The minimum absolute atomic E-state index is 0.142. The Morgan fingerprint density at radius 1 is 1.07 bits per heavy atom. The number of anilines is 2. The van der Waals surface area contributed by atoms with E-state index in [4.69, 9.17) is 4.74 Å². The number of benzene rings is 2. The summed E-state index contributed by atoms with van der Waals surface area (Å²) in [5.41, 5.74) is 1.46. The van der Waals surface area contributed by atoms with E-state index < -0.39 is 12.1 Å². The molecular formula is C30H41N5O5. The molecule has 216 valence electrons. The van der Waals surface area contributed by atoms with Gasteiger partial charge in [0.25, 0.3) is 5.91 Å². The first-order valence-electron chi connectivity index (χ1n) is 14.1. The van der Waals surface area contributed by atoms with Gasteiger partial charge in [0.2, 0.25) is 0 Å². The van der Waals surface area contributed by atoms with Gasteiger partial charge in [0, 0.05) is 36.9 Å². The van der Waals surface area contributed by atoms with Crippen molar-refractivity contribution < 1.29 is 24.2 Å². The largest absolute Gasteiger partial charge is 0.487 e. The molecule has 40 heavy (non-hydrogen) atoms. The van der Waals surface area contributed by atoms with Gasteiger partial charge in [0.1, 0.15) is 11.9 Å². The quantitative estimate of drug-likeness (QED) is 0.403. The molecule has 1 aliphatic carbocycles. The SMILES string of the molecule is C[C@H]1CN([C@@H](C)CO)C(=O)c2cc(NC(=O)NC3CCCCC3)ccc2O[C@H]1CN(C)C(=O)Nc1ccccc1. The molecule has 2 aromatic carbocycles. The molecule has 1 fully saturated rings. The van der Waals surface area contributed by atoms with Crippen molar-refractivity contribution in [2.75, 3.05) is 37.4 Å². The summed E-state index contributed by atoms with van der Waals surface area (Å²) in [6.07, 6.45) is 4.92. The highest BCUT2D eigenvalue weighted by molar-refractivity contribution is 5.99. The number of likely N-dealkylation sites (N-methyl/N-ethyl adjacent to an activating group) is 1. The highest BCUT2D eigenvalue weighted by atomic mass is 16.5. The molecule has 1 saturated carbocycles. The number of nitrogens with one attached hydrogen (secondary N) is 3. The molecular weight excluding hydrogens is 510 g/mol. The molecule has 4 rings (SSSR count). The number of hydrogen-bond donors (Lipinski definition) is 4. The summed E-state index contributed by atoms with van der Waals surface area (Å²) in [6.45, 7) is 4.17. The van der Waals surface area contributed by atoms with Crippen LogP contribution in [0.25, 0.3) is 0 Å². The third kappa shape index (κ3) is 7.44. The lowest BCUT2D eigenvalue weighted by atomic mass is 9.96. The minimum Gasteiger partial charge on any atom is -0.487 e. The molecule has 0 unspecified atom stereocenters. The Kier molecular flexibility index (Phi) is 9.87. The Morgan fingerprint density at radius 3 is 2.50 bits per heavy atom. The second-order valence-corrected chi connectivity index (χ2v) is 10.9. The van der Waals surface area contributed by atoms with Crippen LogP contribution in [0.3, 0.4) is 0 Å². The van der Waals surface area contributed by atoms with Crippen LogP contribution in [0.1, 0.15) is 56.3 Å². The van der Waals surface area contributed by atoms with Gasteiger partial charge in [-0.25, -0.2) is 9.59 Å². The molecule has 0 spiro atoms. The van der Waals surface area contributed by atoms with E-state index in [9.17, 15) is 19.5 Å². The third-order valence-corrected chi connectivity index (χ3v) is 7.69. The Labute approximate surface area is 236 Å². The molecule has 0 aromatic heterocycles. The minimum atomic E-state index is -0.430. The number of carbonyl (C=O) groups excluding carboxylic acids is 3. The number of aliphatic hydroxyl groups excluding tert-OH is 1. The van der Waals surface area contributed by atoms with Gasteiger partial charge < -0.3 is 35.6 Å². The summed E-state index contributed by atoms with van der Waals surface area (Å²) in [6, 6.07) is 13.4. The summed E-state index contributed by atoms with van der Waals surface area (Å²) in [5.74, 6) is -0.0580. The van der Waals surface area contributed by atoms with Gasteiger partial charge in [-0.1, -0.05) is 44.4 Å². The van der Waals surface area contributed by atoms with Crippen molar-refractivity contribution in [2.24, 2.45) is 5.92 Å². The number of aliphatic hydroxyl groups is 1. The lowest BCUT2D eigenvalue weighted by Crippen LogP contribution is -2.50. The van der Waals surface area contributed by atoms with Crippen molar-refractivity contribution in [3.8, 4) is 5.75 Å². The van der Waals surface area contributed by atoms with Crippen LogP contribution in [0.5, 0.6) is 5.75 Å². The molecule has 0 saturated heterocycles. The van der Waals surface area contributed by atoms with E-state index in [2.05, 4.69) is 16.0 Å². The monoisotopic (exact) mass is 551 g/mol. The van der Waals surface area contributed by atoms with Crippen LogP contribution in [0.2, 0.25) is 0 Å². The first-order valence-corrected chi connectivity index (χ1v) is 14.1. The Bertz CT molecular complexity index is 1170. The number of ether oxygens (including phenoxy) is 1. The molecule has 10 heteroatoms. The van der Waals surface area contributed by atoms with Crippen molar-refractivity contribution in [1.82, 2.24) is 15.1 Å². The number of urea groups is 2. The summed E-state index contributed by atoms with van der Waals surface area (Å²) < 4.78 is 6.37. The molecule has 3 atom stereocenters. The van der Waals surface area contributed by atoms with E-state index in [0.29, 0.717) is 29.2 Å². The summed E-state index contributed by atoms with van der Waals surface area (Å²) in [7, 11) is 1.70. The number of nitrogens with zero attached hydrogens (tertiary/aromatic N) is 2. The average Bonchev–Trinajstić information content (AvgIpc) is 2.95. The highest BCUT2D eigenvalue weighted by Gasteiger charge is 2.34. The Hall–Kier alpha value is -3.79. The predicted octanol–water partition coefficient (Wildman–Crippen LogP) is 4.52. The molecule has 0 radical (unpaired) electrons. The predicted molar refractivity (Wildman–Crippen MR) is 155 cm³/mol. The van der Waals surface area contributed by atoms with E-state index in [-0.39, 0.29) is 43.1 Å². The topological polar surface area (TPSA) is 123 Å². The van der Waals surface area contributed by atoms with E-state index in [0.717, 1.165) is 25.7 Å². The molecule has 1 aliphatic heterocycles. The van der Waals surface area contributed by atoms with Crippen molar-refractivity contribution in [2.45, 2.75) is 64.1 Å². The van der Waals surface area contributed by atoms with Crippen LogP contribution in [0, 0.1) is 5.92 Å². The first kappa shape index (κ1) is 29.2. The van der Waals surface area contributed by atoms with E-state index in [1.807, 2.05) is 37.3 Å². The van der Waals surface area contributed by atoms with Crippen molar-refractivity contribution in [3.63, 3.8) is 0 Å². The average molecular weight is 552 g/mol. The summed E-state index contributed by atoms with van der Waals surface area (Å²) in [4.78, 5) is 42.4.